The van der Waals surface area contributed by atoms with Gasteiger partial charge in [0.2, 0.25) is 0 Å². The molecule has 4 heteroatoms. The van der Waals surface area contributed by atoms with Crippen LogP contribution in [0.4, 0.5) is 0 Å². The highest BCUT2D eigenvalue weighted by Gasteiger charge is 1.99. The van der Waals surface area contributed by atoms with Gasteiger partial charge in [0.25, 0.3) is 0 Å². The summed E-state index contributed by atoms with van der Waals surface area (Å²) in [6, 6.07) is 0. The van der Waals surface area contributed by atoms with Gasteiger partial charge in [-0.3, -0.25) is 0 Å². The SMILES string of the molecule is Cc1nc(CN)sc1C.Cl. The van der Waals surface area contributed by atoms with Gasteiger partial charge < -0.3 is 5.73 Å². The average molecular weight is 179 g/mol. The van der Waals surface area contributed by atoms with Crippen molar-refractivity contribution >= 4 is 23.7 Å². The van der Waals surface area contributed by atoms with E-state index in [0.29, 0.717) is 6.54 Å². The topological polar surface area (TPSA) is 38.9 Å². The summed E-state index contributed by atoms with van der Waals surface area (Å²) in [5.41, 5.74) is 6.49. The molecule has 10 heavy (non-hydrogen) atoms. The maximum Gasteiger partial charge on any atom is 0.107 e. The van der Waals surface area contributed by atoms with Gasteiger partial charge in [-0.2, -0.15) is 0 Å². The highest BCUT2D eigenvalue weighted by Crippen LogP contribution is 2.14. The zero-order valence-corrected chi connectivity index (χ0v) is 7.68. The van der Waals surface area contributed by atoms with Gasteiger partial charge in [-0.25, -0.2) is 4.98 Å². The lowest BCUT2D eigenvalue weighted by atomic mass is 10.4. The largest absolute Gasteiger partial charge is 0.325 e. The molecule has 0 unspecified atom stereocenters. The van der Waals surface area contributed by atoms with Crippen molar-refractivity contribution in [2.24, 2.45) is 5.73 Å². The quantitative estimate of drug-likeness (QED) is 0.710. The summed E-state index contributed by atoms with van der Waals surface area (Å²) >= 11 is 1.68. The summed E-state index contributed by atoms with van der Waals surface area (Å²) in [6.45, 7) is 4.64. The Bertz CT molecular complexity index is 190. The zero-order valence-electron chi connectivity index (χ0n) is 6.05. The molecule has 0 aliphatic rings. The fraction of sp³-hybridized carbons (Fsp3) is 0.500. The standard InChI is InChI=1S/C6H10N2S.ClH/c1-4-5(2)9-6(3-7)8-4;/h3,7H2,1-2H3;1H. The minimum atomic E-state index is 0. The van der Waals surface area contributed by atoms with E-state index in [2.05, 4.69) is 11.9 Å². The average Bonchev–Trinajstić information content (AvgIpc) is 2.13. The second kappa shape index (κ2) is 3.91. The molecule has 2 N–H and O–H groups in total. The zero-order chi connectivity index (χ0) is 6.85. The first-order valence-electron chi connectivity index (χ1n) is 2.87. The molecule has 1 aromatic heterocycles. The highest BCUT2D eigenvalue weighted by atomic mass is 35.5. The van der Waals surface area contributed by atoms with Crippen molar-refractivity contribution in [1.82, 2.24) is 4.98 Å². The number of rotatable bonds is 1. The number of nitrogens with zero attached hydrogens (tertiary/aromatic N) is 1. The third-order valence-electron chi connectivity index (χ3n) is 1.25. The molecule has 1 heterocycles. The van der Waals surface area contributed by atoms with Crippen molar-refractivity contribution in [2.45, 2.75) is 20.4 Å². The lowest BCUT2D eigenvalue weighted by molar-refractivity contribution is 1.02. The smallest absolute Gasteiger partial charge is 0.107 e. The molecule has 0 saturated heterocycles. The predicted molar refractivity (Wildman–Crippen MR) is 46.7 cm³/mol. The first-order chi connectivity index (χ1) is 4.24. The second-order valence-corrected chi connectivity index (χ2v) is 3.24. The van der Waals surface area contributed by atoms with Crippen LogP contribution >= 0.6 is 23.7 Å². The molecule has 0 atom stereocenters. The monoisotopic (exact) mass is 178 g/mol. The fourth-order valence-electron chi connectivity index (χ4n) is 0.626. The van der Waals surface area contributed by atoms with Gasteiger partial charge >= 0.3 is 0 Å². The Morgan fingerprint density at radius 3 is 2.30 bits per heavy atom. The molecule has 0 aromatic carbocycles. The van der Waals surface area contributed by atoms with Crippen LogP contribution in [-0.2, 0) is 6.54 Å². The molecular weight excluding hydrogens is 168 g/mol. The van der Waals surface area contributed by atoms with Crippen molar-refractivity contribution in [3.05, 3.63) is 15.6 Å². The second-order valence-electron chi connectivity index (χ2n) is 1.95. The Hall–Kier alpha value is -0.120. The van der Waals surface area contributed by atoms with Crippen molar-refractivity contribution in [2.75, 3.05) is 0 Å². The molecule has 0 fully saturated rings. The molecule has 0 radical (unpaired) electrons. The minimum absolute atomic E-state index is 0. The van der Waals surface area contributed by atoms with Crippen LogP contribution < -0.4 is 5.73 Å². The molecule has 58 valence electrons. The maximum atomic E-state index is 5.38. The van der Waals surface area contributed by atoms with Crippen LogP contribution in [0.2, 0.25) is 0 Å². The Kier molecular flexibility index (Phi) is 3.86. The van der Waals surface area contributed by atoms with Gasteiger partial charge in [-0.05, 0) is 13.8 Å². The van der Waals surface area contributed by atoms with Crippen LogP contribution in [0.5, 0.6) is 0 Å². The van der Waals surface area contributed by atoms with Crippen LogP contribution in [0, 0.1) is 13.8 Å². The molecule has 0 saturated carbocycles. The van der Waals surface area contributed by atoms with Crippen molar-refractivity contribution in [3.63, 3.8) is 0 Å². The minimum Gasteiger partial charge on any atom is -0.325 e. The summed E-state index contributed by atoms with van der Waals surface area (Å²) in [6.07, 6.45) is 0. The molecule has 0 aliphatic carbocycles. The highest BCUT2D eigenvalue weighted by molar-refractivity contribution is 7.11. The van der Waals surface area contributed by atoms with Crippen LogP contribution in [0.15, 0.2) is 0 Å². The number of halogens is 1. The van der Waals surface area contributed by atoms with E-state index < -0.39 is 0 Å². The molecule has 0 bridgehead atoms. The third kappa shape index (κ3) is 1.94. The number of hydrogen-bond acceptors (Lipinski definition) is 3. The normalized spacial score (nSPS) is 9.10. The van der Waals surface area contributed by atoms with Gasteiger partial charge in [-0.15, -0.1) is 23.7 Å². The van der Waals surface area contributed by atoms with Crippen molar-refractivity contribution in [1.29, 1.82) is 0 Å². The first kappa shape index (κ1) is 9.88. The van der Waals surface area contributed by atoms with Crippen molar-refractivity contribution < 1.29 is 0 Å². The summed E-state index contributed by atoms with van der Waals surface area (Å²) in [5.74, 6) is 0. The lowest BCUT2D eigenvalue weighted by Gasteiger charge is -1.80. The Balaban J connectivity index is 0.000000810. The predicted octanol–water partition coefficient (Wildman–Crippen LogP) is 1.64. The summed E-state index contributed by atoms with van der Waals surface area (Å²) in [4.78, 5) is 5.50. The first-order valence-corrected chi connectivity index (χ1v) is 3.68. The van der Waals surface area contributed by atoms with Gasteiger partial charge in [-0.1, -0.05) is 0 Å². The third-order valence-corrected chi connectivity index (χ3v) is 2.34. The van der Waals surface area contributed by atoms with E-state index in [0.717, 1.165) is 10.7 Å². The van der Waals surface area contributed by atoms with E-state index in [4.69, 9.17) is 5.73 Å². The van der Waals surface area contributed by atoms with Gasteiger partial charge in [0.15, 0.2) is 0 Å². The number of nitrogens with two attached hydrogens (primary N) is 1. The van der Waals surface area contributed by atoms with E-state index in [1.54, 1.807) is 11.3 Å². The number of hydrogen-bond donors (Lipinski definition) is 1. The van der Waals surface area contributed by atoms with Crippen LogP contribution in [-0.4, -0.2) is 4.98 Å². The molecule has 0 aliphatic heterocycles. The summed E-state index contributed by atoms with van der Waals surface area (Å²) in [5, 5.41) is 1.03. The van der Waals surface area contributed by atoms with E-state index >= 15 is 0 Å². The van der Waals surface area contributed by atoms with Gasteiger partial charge in [0.05, 0.1) is 5.69 Å². The van der Waals surface area contributed by atoms with Crippen LogP contribution in [0.25, 0.3) is 0 Å². The Morgan fingerprint density at radius 1 is 1.50 bits per heavy atom. The molecule has 1 aromatic rings. The van der Waals surface area contributed by atoms with E-state index in [9.17, 15) is 0 Å². The Labute approximate surface area is 70.9 Å². The summed E-state index contributed by atoms with van der Waals surface area (Å²) in [7, 11) is 0. The molecular formula is C6H11ClN2S. The van der Waals surface area contributed by atoms with E-state index in [1.807, 2.05) is 6.92 Å². The van der Waals surface area contributed by atoms with Gasteiger partial charge in [0.1, 0.15) is 5.01 Å². The van der Waals surface area contributed by atoms with E-state index in [-0.39, 0.29) is 12.4 Å². The molecule has 1 rings (SSSR count). The van der Waals surface area contributed by atoms with Crippen molar-refractivity contribution in [3.8, 4) is 0 Å². The number of aromatic nitrogens is 1. The van der Waals surface area contributed by atoms with Crippen LogP contribution in [0.3, 0.4) is 0 Å². The fourth-order valence-corrected chi connectivity index (χ4v) is 1.44. The molecule has 2 nitrogen and oxygen atoms in total. The van der Waals surface area contributed by atoms with Crippen LogP contribution in [0.1, 0.15) is 15.6 Å². The molecule has 0 spiro atoms. The summed E-state index contributed by atoms with van der Waals surface area (Å²) < 4.78 is 0. The Morgan fingerprint density at radius 2 is 2.10 bits per heavy atom. The number of thiazole rings is 1. The van der Waals surface area contributed by atoms with Gasteiger partial charge in [0, 0.05) is 11.4 Å². The van der Waals surface area contributed by atoms with E-state index in [1.165, 1.54) is 4.88 Å². The number of aryl methyl sites for hydroxylation is 2. The maximum absolute atomic E-state index is 5.38. The lowest BCUT2D eigenvalue weighted by Crippen LogP contribution is -1.94. The molecule has 0 amide bonds.